The number of aliphatic hydroxyl groups is 1. The Morgan fingerprint density at radius 2 is 2.11 bits per heavy atom. The van der Waals surface area contributed by atoms with Gasteiger partial charge in [-0.1, -0.05) is 25.5 Å². The third-order valence-electron chi connectivity index (χ3n) is 4.04. The highest BCUT2D eigenvalue weighted by Crippen LogP contribution is 2.23. The Morgan fingerprint density at radius 3 is 2.79 bits per heavy atom. The van der Waals surface area contributed by atoms with Gasteiger partial charge in [0.2, 0.25) is 0 Å². The standard InChI is InChI=1S/C16H24FNO/c1-2-3-13-8-10-18(12-13)11-9-16(19)14-4-6-15(17)7-5-14/h4-7,13,16,19H,2-3,8-12H2,1H3. The van der Waals surface area contributed by atoms with E-state index in [4.69, 9.17) is 0 Å². The van der Waals surface area contributed by atoms with Crippen LogP contribution in [0.3, 0.4) is 0 Å². The molecule has 2 atom stereocenters. The molecular weight excluding hydrogens is 241 g/mol. The molecule has 0 bridgehead atoms. The van der Waals surface area contributed by atoms with Gasteiger partial charge in [0.15, 0.2) is 0 Å². The minimum absolute atomic E-state index is 0.252. The summed E-state index contributed by atoms with van der Waals surface area (Å²) in [7, 11) is 0. The third kappa shape index (κ3) is 4.29. The summed E-state index contributed by atoms with van der Waals surface area (Å²) in [5, 5.41) is 10.1. The zero-order valence-electron chi connectivity index (χ0n) is 11.7. The second-order valence-electron chi connectivity index (χ2n) is 5.60. The lowest BCUT2D eigenvalue weighted by atomic mass is 10.0. The highest BCUT2D eigenvalue weighted by atomic mass is 19.1. The van der Waals surface area contributed by atoms with Crippen molar-refractivity contribution in [1.29, 1.82) is 0 Å². The van der Waals surface area contributed by atoms with Gasteiger partial charge >= 0.3 is 0 Å². The van der Waals surface area contributed by atoms with Crippen LogP contribution in [-0.4, -0.2) is 29.6 Å². The average molecular weight is 265 g/mol. The van der Waals surface area contributed by atoms with Crippen molar-refractivity contribution in [3.05, 3.63) is 35.6 Å². The van der Waals surface area contributed by atoms with E-state index in [2.05, 4.69) is 11.8 Å². The van der Waals surface area contributed by atoms with Crippen LogP contribution in [0.2, 0.25) is 0 Å². The molecule has 0 aromatic heterocycles. The van der Waals surface area contributed by atoms with Crippen LogP contribution in [-0.2, 0) is 0 Å². The van der Waals surface area contributed by atoms with E-state index in [9.17, 15) is 9.50 Å². The largest absolute Gasteiger partial charge is 0.388 e. The van der Waals surface area contributed by atoms with Gasteiger partial charge in [-0.05, 0) is 49.4 Å². The van der Waals surface area contributed by atoms with E-state index in [0.717, 1.165) is 31.0 Å². The van der Waals surface area contributed by atoms with E-state index in [1.165, 1.54) is 37.9 Å². The Balaban J connectivity index is 1.75. The van der Waals surface area contributed by atoms with Crippen LogP contribution >= 0.6 is 0 Å². The molecule has 1 heterocycles. The summed E-state index contributed by atoms with van der Waals surface area (Å²) in [6.45, 7) is 5.49. The number of rotatable bonds is 6. The van der Waals surface area contributed by atoms with Crippen molar-refractivity contribution in [2.75, 3.05) is 19.6 Å². The van der Waals surface area contributed by atoms with Crippen molar-refractivity contribution in [2.45, 2.75) is 38.7 Å². The van der Waals surface area contributed by atoms with Crippen molar-refractivity contribution < 1.29 is 9.50 Å². The first-order valence-corrected chi connectivity index (χ1v) is 7.35. The van der Waals surface area contributed by atoms with Gasteiger partial charge in [-0.15, -0.1) is 0 Å². The molecule has 1 saturated heterocycles. The SMILES string of the molecule is CCCC1CCN(CCC(O)c2ccc(F)cc2)C1. The van der Waals surface area contributed by atoms with Gasteiger partial charge in [0, 0.05) is 13.1 Å². The summed E-state index contributed by atoms with van der Waals surface area (Å²) in [6.07, 6.45) is 4.12. The molecule has 2 unspecified atom stereocenters. The van der Waals surface area contributed by atoms with E-state index >= 15 is 0 Å². The maximum absolute atomic E-state index is 12.8. The number of halogens is 1. The maximum atomic E-state index is 12.8. The van der Waals surface area contributed by atoms with Gasteiger partial charge in [0.1, 0.15) is 5.82 Å². The zero-order chi connectivity index (χ0) is 13.7. The summed E-state index contributed by atoms with van der Waals surface area (Å²) in [4.78, 5) is 2.44. The van der Waals surface area contributed by atoms with Gasteiger partial charge < -0.3 is 10.0 Å². The Kier molecular flexibility index (Phi) is 5.34. The minimum atomic E-state index is -0.481. The predicted molar refractivity (Wildman–Crippen MR) is 75.4 cm³/mol. The van der Waals surface area contributed by atoms with Crippen molar-refractivity contribution >= 4 is 0 Å². The van der Waals surface area contributed by atoms with E-state index in [1.54, 1.807) is 12.1 Å². The first-order chi connectivity index (χ1) is 9.19. The number of aliphatic hydroxyl groups excluding tert-OH is 1. The Bertz CT molecular complexity index is 379. The highest BCUT2D eigenvalue weighted by Gasteiger charge is 2.22. The Labute approximate surface area is 115 Å². The van der Waals surface area contributed by atoms with Gasteiger partial charge in [0.25, 0.3) is 0 Å². The van der Waals surface area contributed by atoms with Crippen molar-refractivity contribution in [3.63, 3.8) is 0 Å². The molecule has 0 spiro atoms. The van der Waals surface area contributed by atoms with E-state index in [0.29, 0.717) is 0 Å². The monoisotopic (exact) mass is 265 g/mol. The summed E-state index contributed by atoms with van der Waals surface area (Å²) < 4.78 is 12.8. The van der Waals surface area contributed by atoms with Crippen LogP contribution in [0.4, 0.5) is 4.39 Å². The summed E-state index contributed by atoms with van der Waals surface area (Å²) in [5.74, 6) is 0.589. The van der Waals surface area contributed by atoms with Crippen LogP contribution in [0, 0.1) is 11.7 Å². The average Bonchev–Trinajstić information content (AvgIpc) is 2.85. The third-order valence-corrected chi connectivity index (χ3v) is 4.04. The molecule has 1 aromatic carbocycles. The number of nitrogens with zero attached hydrogens (tertiary/aromatic N) is 1. The zero-order valence-corrected chi connectivity index (χ0v) is 11.7. The molecular formula is C16H24FNO. The number of likely N-dealkylation sites (tertiary alicyclic amines) is 1. The lowest BCUT2D eigenvalue weighted by Crippen LogP contribution is -2.23. The number of hydrogen-bond acceptors (Lipinski definition) is 2. The second-order valence-corrected chi connectivity index (χ2v) is 5.60. The van der Waals surface area contributed by atoms with Gasteiger partial charge in [0.05, 0.1) is 6.10 Å². The molecule has 0 saturated carbocycles. The molecule has 3 heteroatoms. The molecule has 2 rings (SSSR count). The summed E-state index contributed by atoms with van der Waals surface area (Å²) >= 11 is 0. The topological polar surface area (TPSA) is 23.5 Å². The number of hydrogen-bond donors (Lipinski definition) is 1. The van der Waals surface area contributed by atoms with Crippen LogP contribution < -0.4 is 0 Å². The first kappa shape index (κ1) is 14.5. The molecule has 1 aromatic rings. The van der Waals surface area contributed by atoms with Gasteiger partial charge in [-0.25, -0.2) is 4.39 Å². The van der Waals surface area contributed by atoms with Crippen molar-refractivity contribution in [2.24, 2.45) is 5.92 Å². The minimum Gasteiger partial charge on any atom is -0.388 e. The normalized spacial score (nSPS) is 21.7. The first-order valence-electron chi connectivity index (χ1n) is 7.35. The summed E-state index contributed by atoms with van der Waals surface area (Å²) in [6, 6.07) is 6.16. The van der Waals surface area contributed by atoms with Crippen LogP contribution in [0.5, 0.6) is 0 Å². The smallest absolute Gasteiger partial charge is 0.123 e. The highest BCUT2D eigenvalue weighted by molar-refractivity contribution is 5.18. The van der Waals surface area contributed by atoms with E-state index in [1.807, 2.05) is 0 Å². The maximum Gasteiger partial charge on any atom is 0.123 e. The Hall–Kier alpha value is -0.930. The molecule has 1 aliphatic rings. The fourth-order valence-corrected chi connectivity index (χ4v) is 2.92. The fraction of sp³-hybridized carbons (Fsp3) is 0.625. The quantitative estimate of drug-likeness (QED) is 0.852. The fourth-order valence-electron chi connectivity index (χ4n) is 2.92. The van der Waals surface area contributed by atoms with E-state index < -0.39 is 6.10 Å². The molecule has 2 nitrogen and oxygen atoms in total. The van der Waals surface area contributed by atoms with Gasteiger partial charge in [-0.3, -0.25) is 0 Å². The van der Waals surface area contributed by atoms with Crippen molar-refractivity contribution in [3.8, 4) is 0 Å². The molecule has 0 radical (unpaired) electrons. The van der Waals surface area contributed by atoms with Crippen LogP contribution in [0.15, 0.2) is 24.3 Å². The summed E-state index contributed by atoms with van der Waals surface area (Å²) in [5.41, 5.74) is 0.811. The molecule has 1 aliphatic heterocycles. The molecule has 19 heavy (non-hydrogen) atoms. The van der Waals surface area contributed by atoms with Crippen LogP contribution in [0.1, 0.15) is 44.3 Å². The lowest BCUT2D eigenvalue weighted by Gasteiger charge is -2.18. The van der Waals surface area contributed by atoms with Crippen molar-refractivity contribution in [1.82, 2.24) is 4.90 Å². The molecule has 106 valence electrons. The molecule has 0 amide bonds. The molecule has 1 fully saturated rings. The predicted octanol–water partition coefficient (Wildman–Crippen LogP) is 3.37. The Morgan fingerprint density at radius 1 is 1.37 bits per heavy atom. The van der Waals surface area contributed by atoms with Crippen LogP contribution in [0.25, 0.3) is 0 Å². The molecule has 0 aliphatic carbocycles. The van der Waals surface area contributed by atoms with E-state index in [-0.39, 0.29) is 5.82 Å². The van der Waals surface area contributed by atoms with Gasteiger partial charge in [-0.2, -0.15) is 0 Å². The molecule has 1 N–H and O–H groups in total. The lowest BCUT2D eigenvalue weighted by molar-refractivity contribution is 0.147. The number of benzene rings is 1. The second kappa shape index (κ2) is 7.01.